The van der Waals surface area contributed by atoms with Crippen molar-refractivity contribution in [2.75, 3.05) is 19.6 Å². The maximum atomic E-state index is 11.9. The van der Waals surface area contributed by atoms with Gasteiger partial charge >= 0.3 is 5.76 Å². The molecule has 1 aliphatic heterocycles. The first kappa shape index (κ1) is 16.0. The number of aliphatic hydroxyl groups excluding tert-OH is 1. The average molecular weight is 317 g/mol. The SMILES string of the molecule is CC1CCN(C[C@@H](O)Cn2c(-c3ccccc3)noc2=O)CC1. The molecule has 23 heavy (non-hydrogen) atoms. The van der Waals surface area contributed by atoms with Crippen molar-refractivity contribution in [2.24, 2.45) is 5.92 Å². The predicted octanol–water partition coefficient (Wildman–Crippen LogP) is 1.60. The fraction of sp³-hybridized carbons (Fsp3) is 0.529. The van der Waals surface area contributed by atoms with E-state index in [1.54, 1.807) is 0 Å². The summed E-state index contributed by atoms with van der Waals surface area (Å²) < 4.78 is 6.20. The van der Waals surface area contributed by atoms with Gasteiger partial charge < -0.3 is 10.0 Å². The quantitative estimate of drug-likeness (QED) is 0.907. The lowest BCUT2D eigenvalue weighted by Gasteiger charge is -2.31. The molecule has 0 saturated carbocycles. The molecular weight excluding hydrogens is 294 g/mol. The van der Waals surface area contributed by atoms with E-state index >= 15 is 0 Å². The van der Waals surface area contributed by atoms with Gasteiger partial charge in [-0.2, -0.15) is 0 Å². The molecule has 0 spiro atoms. The first-order valence-corrected chi connectivity index (χ1v) is 8.16. The molecular formula is C17H23N3O3. The molecule has 1 atom stereocenters. The normalized spacial score (nSPS) is 18.2. The summed E-state index contributed by atoms with van der Waals surface area (Å²) in [6.07, 6.45) is 1.70. The van der Waals surface area contributed by atoms with Crippen molar-refractivity contribution in [3.05, 3.63) is 40.9 Å². The Labute approximate surface area is 135 Å². The van der Waals surface area contributed by atoms with Gasteiger partial charge in [0, 0.05) is 12.1 Å². The third-order valence-corrected chi connectivity index (χ3v) is 4.46. The van der Waals surface area contributed by atoms with Crippen LogP contribution in [0.5, 0.6) is 0 Å². The fourth-order valence-corrected chi connectivity index (χ4v) is 3.04. The lowest BCUT2D eigenvalue weighted by Crippen LogP contribution is -2.40. The van der Waals surface area contributed by atoms with Crippen molar-refractivity contribution in [1.29, 1.82) is 0 Å². The number of aromatic nitrogens is 2. The highest BCUT2D eigenvalue weighted by Crippen LogP contribution is 2.17. The van der Waals surface area contributed by atoms with Crippen molar-refractivity contribution >= 4 is 0 Å². The van der Waals surface area contributed by atoms with Crippen molar-refractivity contribution in [1.82, 2.24) is 14.6 Å². The number of nitrogens with zero attached hydrogens (tertiary/aromatic N) is 3. The van der Waals surface area contributed by atoms with E-state index in [1.165, 1.54) is 4.57 Å². The zero-order valence-electron chi connectivity index (χ0n) is 13.4. The Morgan fingerprint density at radius 2 is 1.96 bits per heavy atom. The van der Waals surface area contributed by atoms with E-state index in [4.69, 9.17) is 4.52 Å². The zero-order chi connectivity index (χ0) is 16.2. The van der Waals surface area contributed by atoms with E-state index in [-0.39, 0.29) is 6.54 Å². The Hall–Kier alpha value is -1.92. The summed E-state index contributed by atoms with van der Waals surface area (Å²) in [6.45, 7) is 5.03. The summed E-state index contributed by atoms with van der Waals surface area (Å²) in [5.74, 6) is 0.686. The van der Waals surface area contributed by atoms with Crippen LogP contribution in [0.2, 0.25) is 0 Å². The molecule has 6 nitrogen and oxygen atoms in total. The molecule has 1 N–H and O–H groups in total. The Morgan fingerprint density at radius 3 is 2.65 bits per heavy atom. The van der Waals surface area contributed by atoms with Crippen LogP contribution in [0.15, 0.2) is 39.6 Å². The Kier molecular flexibility index (Phi) is 4.93. The number of rotatable bonds is 5. The third kappa shape index (κ3) is 3.89. The van der Waals surface area contributed by atoms with Gasteiger partial charge in [0.05, 0.1) is 12.6 Å². The van der Waals surface area contributed by atoms with Crippen molar-refractivity contribution in [3.63, 3.8) is 0 Å². The Balaban J connectivity index is 1.68. The number of β-amino-alcohol motifs (C(OH)–C–C–N with tert-alkyl or cyclic N) is 1. The van der Waals surface area contributed by atoms with Crippen LogP contribution in [0.1, 0.15) is 19.8 Å². The predicted molar refractivity (Wildman–Crippen MR) is 87.0 cm³/mol. The van der Waals surface area contributed by atoms with Crippen LogP contribution in [0, 0.1) is 5.92 Å². The molecule has 1 aromatic carbocycles. The number of hydrogen-bond acceptors (Lipinski definition) is 5. The summed E-state index contributed by atoms with van der Waals surface area (Å²) in [6, 6.07) is 9.39. The number of likely N-dealkylation sites (tertiary alicyclic amines) is 1. The van der Waals surface area contributed by atoms with Gasteiger partial charge in [0.15, 0.2) is 5.82 Å². The lowest BCUT2D eigenvalue weighted by atomic mass is 9.99. The van der Waals surface area contributed by atoms with Gasteiger partial charge in [-0.15, -0.1) is 0 Å². The van der Waals surface area contributed by atoms with Crippen LogP contribution in [-0.4, -0.2) is 45.5 Å². The van der Waals surface area contributed by atoms with Gasteiger partial charge in [-0.25, -0.2) is 4.79 Å². The standard InChI is InChI=1S/C17H23N3O3/c1-13-7-9-19(10-8-13)11-15(21)12-20-16(18-23-17(20)22)14-5-3-2-4-6-14/h2-6,13,15,21H,7-12H2,1H3/t15-/m1/s1. The van der Waals surface area contributed by atoms with Gasteiger partial charge in [-0.3, -0.25) is 9.09 Å². The molecule has 1 aliphatic rings. The first-order valence-electron chi connectivity index (χ1n) is 8.16. The number of aliphatic hydroxyl groups is 1. The molecule has 0 aliphatic carbocycles. The second-order valence-corrected chi connectivity index (χ2v) is 6.39. The molecule has 1 saturated heterocycles. The maximum absolute atomic E-state index is 11.9. The van der Waals surface area contributed by atoms with E-state index in [2.05, 4.69) is 17.0 Å². The summed E-state index contributed by atoms with van der Waals surface area (Å²) in [5.41, 5.74) is 0.803. The molecule has 0 unspecified atom stereocenters. The van der Waals surface area contributed by atoms with Crippen molar-refractivity contribution in [2.45, 2.75) is 32.4 Å². The molecule has 0 bridgehead atoms. The summed E-state index contributed by atoms with van der Waals surface area (Å²) >= 11 is 0. The third-order valence-electron chi connectivity index (χ3n) is 4.46. The van der Waals surface area contributed by atoms with E-state index in [0.717, 1.165) is 37.4 Å². The van der Waals surface area contributed by atoms with E-state index in [9.17, 15) is 9.90 Å². The largest absolute Gasteiger partial charge is 0.441 e. The summed E-state index contributed by atoms with van der Waals surface area (Å²) in [7, 11) is 0. The van der Waals surface area contributed by atoms with Crippen LogP contribution in [0.3, 0.4) is 0 Å². The Morgan fingerprint density at radius 1 is 1.26 bits per heavy atom. The van der Waals surface area contributed by atoms with Crippen LogP contribution >= 0.6 is 0 Å². The summed E-state index contributed by atoms with van der Waals surface area (Å²) in [4.78, 5) is 14.1. The fourth-order valence-electron chi connectivity index (χ4n) is 3.04. The highest BCUT2D eigenvalue weighted by atomic mass is 16.5. The Bertz CT molecular complexity index is 672. The van der Waals surface area contributed by atoms with Crippen LogP contribution in [0.4, 0.5) is 0 Å². The lowest BCUT2D eigenvalue weighted by molar-refractivity contribution is 0.0790. The van der Waals surface area contributed by atoms with Crippen molar-refractivity contribution < 1.29 is 9.63 Å². The molecule has 1 aromatic heterocycles. The molecule has 2 heterocycles. The maximum Gasteiger partial charge on any atom is 0.441 e. The van der Waals surface area contributed by atoms with Gasteiger partial charge in [-0.1, -0.05) is 42.4 Å². The second kappa shape index (κ2) is 7.10. The van der Waals surface area contributed by atoms with E-state index < -0.39 is 11.9 Å². The first-order chi connectivity index (χ1) is 11.1. The molecule has 124 valence electrons. The average Bonchev–Trinajstić information content (AvgIpc) is 2.91. The molecule has 0 radical (unpaired) electrons. The smallest absolute Gasteiger partial charge is 0.390 e. The van der Waals surface area contributed by atoms with Gasteiger partial charge in [-0.05, 0) is 31.8 Å². The second-order valence-electron chi connectivity index (χ2n) is 6.39. The highest BCUT2D eigenvalue weighted by molar-refractivity contribution is 5.54. The minimum absolute atomic E-state index is 0.193. The number of hydrogen-bond donors (Lipinski definition) is 1. The topological polar surface area (TPSA) is 71.5 Å². The summed E-state index contributed by atoms with van der Waals surface area (Å²) in [5, 5.41) is 14.2. The van der Waals surface area contributed by atoms with E-state index in [1.807, 2.05) is 30.3 Å². The minimum Gasteiger partial charge on any atom is -0.390 e. The van der Waals surface area contributed by atoms with Crippen molar-refractivity contribution in [3.8, 4) is 11.4 Å². The van der Waals surface area contributed by atoms with Gasteiger partial charge in [0.25, 0.3) is 0 Å². The minimum atomic E-state index is -0.622. The molecule has 6 heteroatoms. The molecule has 1 fully saturated rings. The van der Waals surface area contributed by atoms with Crippen LogP contribution in [0.25, 0.3) is 11.4 Å². The van der Waals surface area contributed by atoms with Gasteiger partial charge in [0.1, 0.15) is 0 Å². The number of benzene rings is 1. The van der Waals surface area contributed by atoms with E-state index in [0.29, 0.717) is 12.4 Å². The molecule has 0 amide bonds. The molecule has 3 rings (SSSR count). The highest BCUT2D eigenvalue weighted by Gasteiger charge is 2.21. The zero-order valence-corrected chi connectivity index (χ0v) is 13.4. The molecule has 2 aromatic rings. The monoisotopic (exact) mass is 317 g/mol. The van der Waals surface area contributed by atoms with Crippen LogP contribution < -0.4 is 5.76 Å². The van der Waals surface area contributed by atoms with Gasteiger partial charge in [0.2, 0.25) is 0 Å². The number of piperidine rings is 1. The van der Waals surface area contributed by atoms with Crippen LogP contribution in [-0.2, 0) is 6.54 Å².